The molecule has 0 unspecified atom stereocenters. The average molecular weight is 561 g/mol. The van der Waals surface area contributed by atoms with Crippen molar-refractivity contribution in [2.75, 3.05) is 23.7 Å². The van der Waals surface area contributed by atoms with E-state index in [4.69, 9.17) is 23.2 Å². The predicted molar refractivity (Wildman–Crippen MR) is 151 cm³/mol. The van der Waals surface area contributed by atoms with Crippen molar-refractivity contribution in [1.29, 1.82) is 0 Å². The van der Waals surface area contributed by atoms with E-state index in [1.165, 1.54) is 29.1 Å². The van der Waals surface area contributed by atoms with Crippen LogP contribution in [0, 0.1) is 0 Å². The molecule has 1 amide bonds. The largest absolute Gasteiger partial charge is 0.348 e. The lowest BCUT2D eigenvalue weighted by atomic mass is 10.0. The molecule has 1 saturated heterocycles. The molecule has 0 saturated carbocycles. The fraction of sp³-hybridized carbons (Fsp3) is 0.321. The molecule has 0 radical (unpaired) electrons. The third-order valence-electron chi connectivity index (χ3n) is 6.48. The first-order chi connectivity index (χ1) is 17.7. The average Bonchev–Trinajstić information content (AvgIpc) is 2.86. The molecule has 1 N–H and O–H groups in total. The molecular weight excluding hydrogens is 529 g/mol. The molecule has 0 spiro atoms. The van der Waals surface area contributed by atoms with E-state index in [-0.39, 0.29) is 12.5 Å². The Balaban J connectivity index is 1.41. The second-order valence-electron chi connectivity index (χ2n) is 9.38. The minimum absolute atomic E-state index is 0.0846. The van der Waals surface area contributed by atoms with E-state index >= 15 is 0 Å². The number of nitrogens with one attached hydrogen (secondary N) is 1. The Morgan fingerprint density at radius 3 is 2.16 bits per heavy atom. The molecular formula is C28H31Cl2N3O3S. The number of sulfonamides is 1. The highest BCUT2D eigenvalue weighted by Crippen LogP contribution is 2.28. The molecule has 0 aromatic heterocycles. The number of benzene rings is 3. The predicted octanol–water partition coefficient (Wildman–Crippen LogP) is 5.88. The molecule has 0 atom stereocenters. The van der Waals surface area contributed by atoms with E-state index in [1.807, 2.05) is 12.1 Å². The van der Waals surface area contributed by atoms with Gasteiger partial charge < -0.3 is 5.32 Å². The monoisotopic (exact) mass is 559 g/mol. The van der Waals surface area contributed by atoms with E-state index in [0.717, 1.165) is 37.0 Å². The van der Waals surface area contributed by atoms with Crippen molar-refractivity contribution in [2.24, 2.45) is 0 Å². The molecule has 0 bridgehead atoms. The smallest absolute Gasteiger partial charge is 0.251 e. The molecule has 4 rings (SSSR count). The second-order valence-corrected chi connectivity index (χ2v) is 12.2. The first kappa shape index (κ1) is 27.5. The van der Waals surface area contributed by atoms with Gasteiger partial charge in [-0.15, -0.1) is 0 Å². The first-order valence-corrected chi connectivity index (χ1v) is 14.9. The Hall–Kier alpha value is -2.58. The SMILES string of the molecule is CS(=O)(=O)N(Cc1ccc(C(=O)NCc2ccccc2CN2CCCCC2)cc1)c1cc(Cl)cc(Cl)c1. The van der Waals surface area contributed by atoms with E-state index < -0.39 is 10.0 Å². The molecule has 37 heavy (non-hydrogen) atoms. The molecule has 196 valence electrons. The number of carbonyl (C=O) groups excluding carboxylic acids is 1. The number of rotatable bonds is 9. The maximum absolute atomic E-state index is 12.9. The van der Waals surface area contributed by atoms with Crippen LogP contribution in [0.2, 0.25) is 10.0 Å². The van der Waals surface area contributed by atoms with Crippen LogP contribution >= 0.6 is 23.2 Å². The van der Waals surface area contributed by atoms with Crippen LogP contribution < -0.4 is 9.62 Å². The lowest BCUT2D eigenvalue weighted by Crippen LogP contribution is -2.30. The van der Waals surface area contributed by atoms with Crippen molar-refractivity contribution in [3.8, 4) is 0 Å². The van der Waals surface area contributed by atoms with Crippen LogP contribution in [-0.4, -0.2) is 38.6 Å². The third-order valence-corrected chi connectivity index (χ3v) is 8.06. The number of hydrogen-bond acceptors (Lipinski definition) is 4. The summed E-state index contributed by atoms with van der Waals surface area (Å²) in [5, 5.41) is 3.72. The van der Waals surface area contributed by atoms with Gasteiger partial charge in [0.2, 0.25) is 10.0 Å². The lowest BCUT2D eigenvalue weighted by Gasteiger charge is -2.27. The normalized spacial score (nSPS) is 14.4. The van der Waals surface area contributed by atoms with Gasteiger partial charge in [0, 0.05) is 28.7 Å². The summed E-state index contributed by atoms with van der Waals surface area (Å²) in [7, 11) is -3.60. The molecule has 3 aromatic rings. The molecule has 3 aromatic carbocycles. The maximum Gasteiger partial charge on any atom is 0.251 e. The highest BCUT2D eigenvalue weighted by atomic mass is 35.5. The Bertz CT molecular complexity index is 1320. The van der Waals surface area contributed by atoms with Gasteiger partial charge in [-0.05, 0) is 73.0 Å². The minimum atomic E-state index is -3.60. The number of halogens is 2. The Morgan fingerprint density at radius 2 is 1.54 bits per heavy atom. The molecule has 1 aliphatic rings. The number of nitrogens with zero attached hydrogens (tertiary/aromatic N) is 2. The number of anilines is 1. The maximum atomic E-state index is 12.9. The summed E-state index contributed by atoms with van der Waals surface area (Å²) in [6.07, 6.45) is 4.91. The van der Waals surface area contributed by atoms with Gasteiger partial charge in [-0.1, -0.05) is 66.0 Å². The second kappa shape index (κ2) is 12.3. The van der Waals surface area contributed by atoms with Crippen molar-refractivity contribution in [1.82, 2.24) is 10.2 Å². The van der Waals surface area contributed by atoms with Crippen LogP contribution in [0.4, 0.5) is 5.69 Å². The highest BCUT2D eigenvalue weighted by Gasteiger charge is 2.19. The van der Waals surface area contributed by atoms with Gasteiger partial charge in [-0.2, -0.15) is 0 Å². The van der Waals surface area contributed by atoms with Crippen molar-refractivity contribution in [3.63, 3.8) is 0 Å². The van der Waals surface area contributed by atoms with Crippen LogP contribution in [-0.2, 0) is 29.7 Å². The van der Waals surface area contributed by atoms with E-state index in [2.05, 4.69) is 22.3 Å². The summed E-state index contributed by atoms with van der Waals surface area (Å²) in [6, 6.07) is 19.8. The number of hydrogen-bond donors (Lipinski definition) is 1. The zero-order valence-electron chi connectivity index (χ0n) is 20.8. The van der Waals surface area contributed by atoms with E-state index in [1.54, 1.807) is 42.5 Å². The molecule has 1 aliphatic heterocycles. The number of piperidine rings is 1. The van der Waals surface area contributed by atoms with Crippen LogP contribution in [0.1, 0.15) is 46.3 Å². The molecule has 0 aliphatic carbocycles. The first-order valence-electron chi connectivity index (χ1n) is 12.3. The summed E-state index contributed by atoms with van der Waals surface area (Å²) >= 11 is 12.2. The van der Waals surface area contributed by atoms with Gasteiger partial charge >= 0.3 is 0 Å². The topological polar surface area (TPSA) is 69.7 Å². The number of carbonyl (C=O) groups is 1. The van der Waals surface area contributed by atoms with Gasteiger partial charge in [0.05, 0.1) is 18.5 Å². The van der Waals surface area contributed by atoms with Crippen LogP contribution in [0.3, 0.4) is 0 Å². The van der Waals surface area contributed by atoms with Crippen LogP contribution in [0.25, 0.3) is 0 Å². The van der Waals surface area contributed by atoms with E-state index in [9.17, 15) is 13.2 Å². The van der Waals surface area contributed by atoms with Crippen molar-refractivity contribution >= 4 is 44.8 Å². The zero-order chi connectivity index (χ0) is 26.4. The number of likely N-dealkylation sites (tertiary alicyclic amines) is 1. The van der Waals surface area contributed by atoms with Crippen molar-refractivity contribution in [3.05, 3.63) is 99.0 Å². The van der Waals surface area contributed by atoms with Gasteiger partial charge in [-0.25, -0.2) is 8.42 Å². The highest BCUT2D eigenvalue weighted by molar-refractivity contribution is 7.92. The van der Waals surface area contributed by atoms with Gasteiger partial charge in [0.1, 0.15) is 0 Å². The minimum Gasteiger partial charge on any atom is -0.348 e. The van der Waals surface area contributed by atoms with E-state index in [0.29, 0.717) is 27.8 Å². The zero-order valence-corrected chi connectivity index (χ0v) is 23.1. The summed E-state index contributed by atoms with van der Waals surface area (Å²) in [5.74, 6) is -0.180. The quantitative estimate of drug-likeness (QED) is 0.355. The lowest BCUT2D eigenvalue weighted by molar-refractivity contribution is 0.0950. The fourth-order valence-electron chi connectivity index (χ4n) is 4.53. The van der Waals surface area contributed by atoms with Crippen LogP contribution in [0.5, 0.6) is 0 Å². The summed E-state index contributed by atoms with van der Waals surface area (Å²) < 4.78 is 26.2. The Morgan fingerprint density at radius 1 is 0.919 bits per heavy atom. The molecule has 1 fully saturated rings. The fourth-order valence-corrected chi connectivity index (χ4v) is 5.92. The summed E-state index contributed by atoms with van der Waals surface area (Å²) in [5.41, 5.74) is 3.97. The molecule has 6 nitrogen and oxygen atoms in total. The van der Waals surface area contributed by atoms with Crippen molar-refractivity contribution < 1.29 is 13.2 Å². The Kier molecular flexibility index (Phi) is 9.13. The van der Waals surface area contributed by atoms with Gasteiger partial charge in [-0.3, -0.25) is 14.0 Å². The Labute approximate surface area is 229 Å². The van der Waals surface area contributed by atoms with Crippen molar-refractivity contribution in [2.45, 2.75) is 38.9 Å². The van der Waals surface area contributed by atoms with Gasteiger partial charge in [0.25, 0.3) is 5.91 Å². The third kappa shape index (κ3) is 7.71. The van der Waals surface area contributed by atoms with Gasteiger partial charge in [0.15, 0.2) is 0 Å². The summed E-state index contributed by atoms with van der Waals surface area (Å²) in [6.45, 7) is 3.67. The number of amides is 1. The molecule has 9 heteroatoms. The molecule has 1 heterocycles. The summed E-state index contributed by atoms with van der Waals surface area (Å²) in [4.78, 5) is 15.3. The van der Waals surface area contributed by atoms with Crippen LogP contribution in [0.15, 0.2) is 66.7 Å². The standard InChI is InChI=1S/C28H31Cl2N3O3S/c1-37(35,36)33(27-16-25(29)15-26(30)17-27)19-21-9-11-22(12-10-21)28(34)31-18-23-7-3-4-8-24(23)20-32-13-5-2-6-14-32/h3-4,7-12,15-17H,2,5-6,13-14,18-20H2,1H3,(H,31,34).